The highest BCUT2D eigenvalue weighted by Crippen LogP contribution is 2.36. The monoisotopic (exact) mass is 364 g/mol. The van der Waals surface area contributed by atoms with Crippen molar-refractivity contribution in [2.45, 2.75) is 6.54 Å². The number of carbonyl (C=O) groups is 1. The second kappa shape index (κ2) is 6.64. The smallest absolute Gasteiger partial charge is 0.281 e. The van der Waals surface area contributed by atoms with Crippen molar-refractivity contribution in [3.8, 4) is 5.75 Å². The molecular weight excluding hydrogens is 350 g/mol. The molecule has 0 saturated carbocycles. The molecule has 1 aliphatic rings. The number of benzene rings is 3. The number of carbonyl (C=O) groups excluding carboxylic acids is 1. The van der Waals surface area contributed by atoms with Gasteiger partial charge in [-0.25, -0.2) is 8.78 Å². The minimum Gasteiger partial charge on any atom is -0.508 e. The van der Waals surface area contributed by atoms with Crippen LogP contribution >= 0.6 is 0 Å². The normalized spacial score (nSPS) is 14.7. The maximum Gasteiger partial charge on any atom is 0.281 e. The predicted molar refractivity (Wildman–Crippen MR) is 98.3 cm³/mol. The molecule has 0 bridgehead atoms. The van der Waals surface area contributed by atoms with Gasteiger partial charge in [-0.2, -0.15) is 0 Å². The fourth-order valence-corrected chi connectivity index (χ4v) is 3.08. The van der Waals surface area contributed by atoms with Crippen LogP contribution in [0.3, 0.4) is 0 Å². The van der Waals surface area contributed by atoms with E-state index in [-0.39, 0.29) is 23.9 Å². The van der Waals surface area contributed by atoms with Crippen LogP contribution in [0.15, 0.2) is 71.7 Å². The van der Waals surface area contributed by atoms with Gasteiger partial charge in [0, 0.05) is 17.3 Å². The highest BCUT2D eigenvalue weighted by molar-refractivity contribution is 6.55. The standard InChI is InChI=1S/C21H14F2N2O2/c22-14-9-13(10-15(23)11-14)12-24-20-18-3-1-2-4-19(18)25(21(20)27)16-5-7-17(26)8-6-16/h1-11,26H,12H2/b24-20-. The van der Waals surface area contributed by atoms with Gasteiger partial charge in [-0.05, 0) is 48.0 Å². The SMILES string of the molecule is O=C1/C(=N\Cc2cc(F)cc(F)c2)c2ccccc2N1c1ccc(O)cc1. The van der Waals surface area contributed by atoms with Crippen molar-refractivity contribution < 1.29 is 18.7 Å². The fraction of sp³-hybridized carbons (Fsp3) is 0.0476. The minimum atomic E-state index is -0.686. The largest absolute Gasteiger partial charge is 0.508 e. The lowest BCUT2D eigenvalue weighted by Gasteiger charge is -2.16. The lowest BCUT2D eigenvalue weighted by atomic mass is 10.1. The Morgan fingerprint density at radius 1 is 0.926 bits per heavy atom. The van der Waals surface area contributed by atoms with Crippen LogP contribution in [0.25, 0.3) is 0 Å². The van der Waals surface area contributed by atoms with Crippen molar-refractivity contribution in [1.29, 1.82) is 0 Å². The molecule has 1 N–H and O–H groups in total. The number of aromatic hydroxyl groups is 1. The zero-order chi connectivity index (χ0) is 19.0. The maximum atomic E-state index is 13.4. The third kappa shape index (κ3) is 3.17. The quantitative estimate of drug-likeness (QED) is 0.752. The molecule has 134 valence electrons. The number of phenolic OH excluding ortho intramolecular Hbond substituents is 1. The number of para-hydroxylation sites is 1. The highest BCUT2D eigenvalue weighted by Gasteiger charge is 2.34. The van der Waals surface area contributed by atoms with Gasteiger partial charge >= 0.3 is 0 Å². The lowest BCUT2D eigenvalue weighted by molar-refractivity contribution is -0.111. The van der Waals surface area contributed by atoms with Crippen LogP contribution in [0.5, 0.6) is 5.75 Å². The number of phenols is 1. The average molecular weight is 364 g/mol. The van der Waals surface area contributed by atoms with Crippen LogP contribution in [-0.2, 0) is 11.3 Å². The zero-order valence-corrected chi connectivity index (χ0v) is 14.1. The van der Waals surface area contributed by atoms with Crippen molar-refractivity contribution in [3.63, 3.8) is 0 Å². The summed E-state index contributed by atoms with van der Waals surface area (Å²) in [5.74, 6) is -1.61. The summed E-state index contributed by atoms with van der Waals surface area (Å²) in [7, 11) is 0. The van der Waals surface area contributed by atoms with E-state index >= 15 is 0 Å². The van der Waals surface area contributed by atoms with Gasteiger partial charge in [-0.15, -0.1) is 0 Å². The summed E-state index contributed by atoms with van der Waals surface area (Å²) in [6.07, 6.45) is 0. The van der Waals surface area contributed by atoms with Crippen LogP contribution in [0, 0.1) is 11.6 Å². The Balaban J connectivity index is 1.73. The van der Waals surface area contributed by atoms with Gasteiger partial charge in [-0.3, -0.25) is 14.7 Å². The molecule has 3 aromatic carbocycles. The first-order valence-corrected chi connectivity index (χ1v) is 8.25. The molecule has 1 amide bonds. The van der Waals surface area contributed by atoms with Crippen LogP contribution in [0.4, 0.5) is 20.2 Å². The first kappa shape index (κ1) is 16.9. The molecule has 1 aliphatic heterocycles. The third-order valence-electron chi connectivity index (χ3n) is 4.26. The molecule has 0 spiro atoms. The lowest BCUT2D eigenvalue weighted by Crippen LogP contribution is -2.25. The Kier molecular flexibility index (Phi) is 4.16. The van der Waals surface area contributed by atoms with Crippen molar-refractivity contribution >= 4 is 23.0 Å². The van der Waals surface area contributed by atoms with Gasteiger partial charge in [0.2, 0.25) is 0 Å². The summed E-state index contributed by atoms with van der Waals surface area (Å²) in [5.41, 5.74) is 2.47. The van der Waals surface area contributed by atoms with Gasteiger partial charge in [-0.1, -0.05) is 18.2 Å². The van der Waals surface area contributed by atoms with Crippen molar-refractivity contribution in [2.24, 2.45) is 4.99 Å². The molecule has 0 fully saturated rings. The van der Waals surface area contributed by atoms with E-state index in [1.165, 1.54) is 29.2 Å². The number of hydrogen-bond donors (Lipinski definition) is 1. The van der Waals surface area contributed by atoms with Gasteiger partial charge in [0.25, 0.3) is 5.91 Å². The third-order valence-corrected chi connectivity index (χ3v) is 4.26. The average Bonchev–Trinajstić information content (AvgIpc) is 2.91. The summed E-state index contributed by atoms with van der Waals surface area (Å²) in [6, 6.07) is 16.6. The van der Waals surface area contributed by atoms with Crippen LogP contribution in [-0.4, -0.2) is 16.7 Å². The molecule has 0 radical (unpaired) electrons. The first-order chi connectivity index (χ1) is 13.0. The number of amides is 1. The van der Waals surface area contributed by atoms with Gasteiger partial charge in [0.05, 0.1) is 12.2 Å². The van der Waals surface area contributed by atoms with E-state index in [0.29, 0.717) is 22.5 Å². The van der Waals surface area contributed by atoms with E-state index in [1.807, 2.05) is 6.07 Å². The van der Waals surface area contributed by atoms with Gasteiger partial charge in [0.1, 0.15) is 23.1 Å². The second-order valence-corrected chi connectivity index (χ2v) is 6.12. The van der Waals surface area contributed by atoms with Crippen LogP contribution in [0.2, 0.25) is 0 Å². The molecule has 4 rings (SSSR count). The number of anilines is 2. The summed E-state index contributed by atoms with van der Waals surface area (Å²) in [4.78, 5) is 18.8. The molecule has 4 nitrogen and oxygen atoms in total. The molecule has 0 saturated heterocycles. The molecule has 0 aliphatic carbocycles. The fourth-order valence-electron chi connectivity index (χ4n) is 3.08. The first-order valence-electron chi connectivity index (χ1n) is 8.25. The van der Waals surface area contributed by atoms with Crippen molar-refractivity contribution in [3.05, 3.63) is 89.5 Å². The Morgan fingerprint density at radius 3 is 2.30 bits per heavy atom. The van der Waals surface area contributed by atoms with E-state index in [9.17, 15) is 18.7 Å². The molecule has 1 heterocycles. The maximum absolute atomic E-state index is 13.4. The number of hydrogen-bond acceptors (Lipinski definition) is 3. The summed E-state index contributed by atoms with van der Waals surface area (Å²) >= 11 is 0. The zero-order valence-electron chi connectivity index (χ0n) is 14.1. The highest BCUT2D eigenvalue weighted by atomic mass is 19.1. The number of halogens is 2. The minimum absolute atomic E-state index is 0.0203. The summed E-state index contributed by atoms with van der Waals surface area (Å²) in [5, 5.41) is 9.48. The Labute approximate surface area is 154 Å². The second-order valence-electron chi connectivity index (χ2n) is 6.12. The Bertz CT molecular complexity index is 1040. The topological polar surface area (TPSA) is 52.9 Å². The van der Waals surface area contributed by atoms with Crippen molar-refractivity contribution in [2.75, 3.05) is 4.90 Å². The molecular formula is C21H14F2N2O2. The number of aliphatic imine (C=N–C) groups is 1. The molecule has 0 atom stereocenters. The van der Waals surface area contributed by atoms with E-state index in [1.54, 1.807) is 30.3 Å². The van der Waals surface area contributed by atoms with E-state index in [0.717, 1.165) is 6.07 Å². The molecule has 6 heteroatoms. The number of rotatable bonds is 3. The number of nitrogens with zero attached hydrogens (tertiary/aromatic N) is 2. The summed E-state index contributed by atoms with van der Waals surface area (Å²) in [6.45, 7) is -0.0203. The summed E-state index contributed by atoms with van der Waals surface area (Å²) < 4.78 is 26.8. The molecule has 3 aromatic rings. The number of fused-ring (bicyclic) bond motifs is 1. The Morgan fingerprint density at radius 2 is 1.59 bits per heavy atom. The molecule has 0 unspecified atom stereocenters. The van der Waals surface area contributed by atoms with Crippen molar-refractivity contribution in [1.82, 2.24) is 0 Å². The van der Waals surface area contributed by atoms with E-state index in [2.05, 4.69) is 4.99 Å². The van der Waals surface area contributed by atoms with Gasteiger partial charge in [0.15, 0.2) is 0 Å². The van der Waals surface area contributed by atoms with Gasteiger partial charge < -0.3 is 5.11 Å². The van der Waals surface area contributed by atoms with Crippen LogP contribution in [0.1, 0.15) is 11.1 Å². The molecule has 0 aromatic heterocycles. The van der Waals surface area contributed by atoms with E-state index in [4.69, 9.17) is 0 Å². The van der Waals surface area contributed by atoms with Crippen LogP contribution < -0.4 is 4.90 Å². The van der Waals surface area contributed by atoms with E-state index < -0.39 is 11.6 Å². The predicted octanol–water partition coefficient (Wildman–Crippen LogP) is 4.34. The molecule has 27 heavy (non-hydrogen) atoms. The Hall–Kier alpha value is -3.54.